The zero-order chi connectivity index (χ0) is 20.8. The third-order valence-electron chi connectivity index (χ3n) is 5.85. The van der Waals surface area contributed by atoms with Gasteiger partial charge in [0.2, 0.25) is 11.7 Å². The molecule has 2 aromatic heterocycles. The molecule has 4 aromatic rings. The van der Waals surface area contributed by atoms with Crippen molar-refractivity contribution >= 4 is 21.8 Å². The molecule has 0 amide bonds. The van der Waals surface area contributed by atoms with Gasteiger partial charge in [-0.3, -0.25) is 0 Å². The zero-order valence-electron chi connectivity index (χ0n) is 16.9. The second kappa shape index (κ2) is 7.25. The van der Waals surface area contributed by atoms with Gasteiger partial charge in [-0.1, -0.05) is 6.07 Å². The number of fused-ring (bicyclic) bond motifs is 2. The molecule has 2 aromatic carbocycles. The van der Waals surface area contributed by atoms with Gasteiger partial charge in [0.15, 0.2) is 12.0 Å². The number of halogens is 1. The Labute approximate surface area is 173 Å². The largest absolute Gasteiger partial charge is 0.618 e. The van der Waals surface area contributed by atoms with E-state index in [2.05, 4.69) is 5.10 Å². The summed E-state index contributed by atoms with van der Waals surface area (Å²) in [7, 11) is 1.54. The molecule has 1 unspecified atom stereocenters. The van der Waals surface area contributed by atoms with Crippen molar-refractivity contribution in [1.82, 2.24) is 9.78 Å². The topological polar surface area (TPSA) is 63.2 Å². The first-order valence-corrected chi connectivity index (χ1v) is 10.1. The SMILES string of the molecule is COc1ccc2c(-c3c(C)ccc4c3cnn4C3CCCCO3)c(F)c[n+]([O-])c2c1. The standard InChI is InChI=1S/C23H22FN3O3/c1-14-6-9-19-17(12-25-27(19)21-5-3-4-10-30-21)22(14)23-16-8-7-15(29-2)11-20(16)26(28)13-18(23)24/h6-9,11-13,21H,3-5,10H2,1-2H3. The number of benzene rings is 2. The van der Waals surface area contributed by atoms with Gasteiger partial charge >= 0.3 is 0 Å². The van der Waals surface area contributed by atoms with E-state index in [-0.39, 0.29) is 6.23 Å². The van der Waals surface area contributed by atoms with Crippen LogP contribution < -0.4 is 9.47 Å². The summed E-state index contributed by atoms with van der Waals surface area (Å²) in [4.78, 5) is 0. The van der Waals surface area contributed by atoms with Gasteiger partial charge in [0.25, 0.3) is 0 Å². The number of pyridine rings is 1. The van der Waals surface area contributed by atoms with E-state index in [1.807, 2.05) is 23.7 Å². The van der Waals surface area contributed by atoms with Crippen molar-refractivity contribution in [3.63, 3.8) is 0 Å². The minimum Gasteiger partial charge on any atom is -0.618 e. The Morgan fingerprint density at radius 3 is 2.83 bits per heavy atom. The number of aromatic nitrogens is 3. The Bertz CT molecular complexity index is 1260. The lowest BCUT2D eigenvalue weighted by Gasteiger charge is -2.23. The number of methoxy groups -OCH3 is 1. The first kappa shape index (κ1) is 18.8. The van der Waals surface area contributed by atoms with E-state index < -0.39 is 5.82 Å². The summed E-state index contributed by atoms with van der Waals surface area (Å²) in [5, 5.41) is 18.3. The van der Waals surface area contributed by atoms with Crippen LogP contribution >= 0.6 is 0 Å². The van der Waals surface area contributed by atoms with E-state index in [0.29, 0.717) is 33.6 Å². The van der Waals surface area contributed by atoms with Crippen LogP contribution in [0.4, 0.5) is 4.39 Å². The maximum atomic E-state index is 15.2. The molecule has 7 heteroatoms. The number of hydrogen-bond donors (Lipinski definition) is 0. The maximum absolute atomic E-state index is 15.2. The molecule has 0 N–H and O–H groups in total. The lowest BCUT2D eigenvalue weighted by molar-refractivity contribution is -0.578. The molecule has 0 saturated carbocycles. The highest BCUT2D eigenvalue weighted by Crippen LogP contribution is 2.39. The van der Waals surface area contributed by atoms with Gasteiger partial charge < -0.3 is 14.7 Å². The van der Waals surface area contributed by atoms with Crippen LogP contribution in [0.15, 0.2) is 42.7 Å². The van der Waals surface area contributed by atoms with Gasteiger partial charge in [0.1, 0.15) is 5.75 Å². The molecule has 30 heavy (non-hydrogen) atoms. The molecular formula is C23H22FN3O3. The summed E-state index contributed by atoms with van der Waals surface area (Å²) in [6.45, 7) is 2.66. The van der Waals surface area contributed by atoms with Gasteiger partial charge in [0.05, 0.1) is 30.3 Å². The average molecular weight is 407 g/mol. The molecule has 154 valence electrons. The summed E-state index contributed by atoms with van der Waals surface area (Å²) < 4.78 is 28.8. The molecule has 0 bridgehead atoms. The molecule has 0 spiro atoms. The summed E-state index contributed by atoms with van der Waals surface area (Å²) >= 11 is 0. The van der Waals surface area contributed by atoms with Crippen LogP contribution in [0.2, 0.25) is 0 Å². The molecule has 1 aliphatic rings. The van der Waals surface area contributed by atoms with Crippen LogP contribution in [-0.4, -0.2) is 23.5 Å². The Kier molecular flexibility index (Phi) is 4.55. The second-order valence-electron chi connectivity index (χ2n) is 7.66. The van der Waals surface area contributed by atoms with Gasteiger partial charge in [-0.2, -0.15) is 14.2 Å². The highest BCUT2D eigenvalue weighted by molar-refractivity contribution is 6.04. The monoisotopic (exact) mass is 407 g/mol. The van der Waals surface area contributed by atoms with Crippen LogP contribution in [0.1, 0.15) is 31.1 Å². The number of rotatable bonds is 3. The van der Waals surface area contributed by atoms with E-state index in [4.69, 9.17) is 9.47 Å². The normalized spacial score (nSPS) is 17.0. The summed E-state index contributed by atoms with van der Waals surface area (Å²) in [5.41, 5.74) is 3.29. The lowest BCUT2D eigenvalue weighted by Crippen LogP contribution is -2.27. The fraction of sp³-hybridized carbons (Fsp3) is 0.304. The predicted molar refractivity (Wildman–Crippen MR) is 112 cm³/mol. The van der Waals surface area contributed by atoms with E-state index >= 15 is 4.39 Å². The summed E-state index contributed by atoms with van der Waals surface area (Å²) in [6.07, 6.45) is 5.68. The number of nitrogens with zero attached hydrogens (tertiary/aromatic N) is 3. The molecular weight excluding hydrogens is 385 g/mol. The van der Waals surface area contributed by atoms with E-state index in [1.165, 1.54) is 7.11 Å². The predicted octanol–water partition coefficient (Wildman–Crippen LogP) is 4.65. The van der Waals surface area contributed by atoms with Crippen molar-refractivity contribution in [3.8, 4) is 16.9 Å². The van der Waals surface area contributed by atoms with Crippen LogP contribution in [-0.2, 0) is 4.74 Å². The fourth-order valence-electron chi connectivity index (χ4n) is 4.36. The van der Waals surface area contributed by atoms with Crippen molar-refractivity contribution < 1.29 is 18.6 Å². The van der Waals surface area contributed by atoms with E-state index in [1.54, 1.807) is 24.4 Å². The Hall–Kier alpha value is -3.19. The number of ether oxygens (including phenoxy) is 2. The Morgan fingerprint density at radius 1 is 1.20 bits per heavy atom. The fourth-order valence-corrected chi connectivity index (χ4v) is 4.36. The van der Waals surface area contributed by atoms with Crippen LogP contribution in [0.5, 0.6) is 5.75 Å². The van der Waals surface area contributed by atoms with Gasteiger partial charge in [-0.05, 0) is 55.5 Å². The first-order chi connectivity index (χ1) is 14.6. The summed E-state index contributed by atoms with van der Waals surface area (Å²) in [6, 6.07) is 9.05. The first-order valence-electron chi connectivity index (χ1n) is 10.1. The number of aryl methyl sites for hydroxylation is 1. The second-order valence-corrected chi connectivity index (χ2v) is 7.66. The average Bonchev–Trinajstić information content (AvgIpc) is 3.19. The van der Waals surface area contributed by atoms with Gasteiger partial charge in [-0.25, -0.2) is 4.68 Å². The third kappa shape index (κ3) is 2.89. The van der Waals surface area contributed by atoms with Crippen LogP contribution in [0.25, 0.3) is 32.9 Å². The molecule has 1 atom stereocenters. The molecule has 1 saturated heterocycles. The quantitative estimate of drug-likeness (QED) is 0.366. The molecule has 0 radical (unpaired) electrons. The van der Waals surface area contributed by atoms with Crippen LogP contribution in [0, 0.1) is 17.9 Å². The van der Waals surface area contributed by atoms with Gasteiger partial charge in [0, 0.05) is 17.6 Å². The maximum Gasteiger partial charge on any atom is 0.228 e. The van der Waals surface area contributed by atoms with Crippen LogP contribution in [0.3, 0.4) is 0 Å². The van der Waals surface area contributed by atoms with Crippen molar-refractivity contribution in [2.75, 3.05) is 13.7 Å². The zero-order valence-corrected chi connectivity index (χ0v) is 16.9. The van der Waals surface area contributed by atoms with E-state index in [9.17, 15) is 5.21 Å². The summed E-state index contributed by atoms with van der Waals surface area (Å²) in [5.74, 6) is -0.0261. The molecule has 0 aliphatic carbocycles. The minimum absolute atomic E-state index is 0.114. The number of hydrogen-bond acceptors (Lipinski definition) is 4. The van der Waals surface area contributed by atoms with Crippen molar-refractivity contribution in [3.05, 3.63) is 59.3 Å². The molecule has 1 aliphatic heterocycles. The Morgan fingerprint density at radius 2 is 2.07 bits per heavy atom. The van der Waals surface area contributed by atoms with Crippen molar-refractivity contribution in [2.45, 2.75) is 32.4 Å². The van der Waals surface area contributed by atoms with E-state index in [0.717, 1.165) is 47.5 Å². The highest BCUT2D eigenvalue weighted by atomic mass is 19.1. The lowest BCUT2D eigenvalue weighted by atomic mass is 9.94. The molecule has 6 nitrogen and oxygen atoms in total. The Balaban J connectivity index is 1.78. The third-order valence-corrected chi connectivity index (χ3v) is 5.85. The smallest absolute Gasteiger partial charge is 0.228 e. The minimum atomic E-state index is -0.570. The van der Waals surface area contributed by atoms with Gasteiger partial charge in [-0.15, -0.1) is 0 Å². The van der Waals surface area contributed by atoms with Crippen molar-refractivity contribution in [1.29, 1.82) is 0 Å². The molecule has 5 rings (SSSR count). The molecule has 3 heterocycles. The molecule has 1 fully saturated rings. The van der Waals surface area contributed by atoms with Crippen molar-refractivity contribution in [2.24, 2.45) is 0 Å². The highest BCUT2D eigenvalue weighted by Gasteiger charge is 2.24.